The second-order valence-electron chi connectivity index (χ2n) is 6.15. The molecule has 9 heteroatoms. The molecule has 6 nitrogen and oxygen atoms in total. The van der Waals surface area contributed by atoms with Crippen LogP contribution < -0.4 is 9.73 Å². The Kier molecular flexibility index (Phi) is 6.81. The summed E-state index contributed by atoms with van der Waals surface area (Å²) >= 11 is 5.90. The van der Waals surface area contributed by atoms with Gasteiger partial charge in [0.25, 0.3) is 15.9 Å². The van der Waals surface area contributed by atoms with Crippen LogP contribution in [0.4, 0.5) is 10.1 Å². The van der Waals surface area contributed by atoms with Crippen molar-refractivity contribution in [1.82, 2.24) is 5.43 Å². The summed E-state index contributed by atoms with van der Waals surface area (Å²) in [6.45, 7) is -0.500. The number of sulfonamides is 1. The number of hydrogen-bond donors (Lipinski definition) is 1. The van der Waals surface area contributed by atoms with Crippen LogP contribution in [0.2, 0.25) is 5.02 Å². The summed E-state index contributed by atoms with van der Waals surface area (Å²) in [5.41, 5.74) is 3.14. The van der Waals surface area contributed by atoms with Gasteiger partial charge in [-0.05, 0) is 54.1 Å². The van der Waals surface area contributed by atoms with E-state index in [1.54, 1.807) is 18.2 Å². The predicted octanol–water partition coefficient (Wildman–Crippen LogP) is 3.82. The Bertz CT molecular complexity index is 1140. The largest absolute Gasteiger partial charge is 0.271 e. The minimum Gasteiger partial charge on any atom is -0.271 e. The van der Waals surface area contributed by atoms with Gasteiger partial charge in [-0.15, -0.1) is 0 Å². The Hall–Kier alpha value is -3.23. The minimum absolute atomic E-state index is 0.0440. The van der Waals surface area contributed by atoms with E-state index in [1.807, 2.05) is 0 Å². The molecular formula is C21H17ClFN3O3S. The molecule has 0 aromatic heterocycles. The molecule has 3 rings (SSSR count). The van der Waals surface area contributed by atoms with Crippen LogP contribution in [-0.4, -0.2) is 27.1 Å². The average Bonchev–Trinajstić information content (AvgIpc) is 2.75. The number of nitrogens with one attached hydrogen (secondary N) is 1. The number of anilines is 1. The van der Waals surface area contributed by atoms with E-state index in [0.29, 0.717) is 10.6 Å². The number of benzene rings is 3. The fraction of sp³-hybridized carbons (Fsp3) is 0.0476. The van der Waals surface area contributed by atoms with Crippen molar-refractivity contribution in [3.63, 3.8) is 0 Å². The van der Waals surface area contributed by atoms with E-state index in [2.05, 4.69) is 10.5 Å². The van der Waals surface area contributed by atoms with Gasteiger partial charge in [0.05, 0.1) is 16.8 Å². The first-order valence-corrected chi connectivity index (χ1v) is 10.6. The van der Waals surface area contributed by atoms with Crippen molar-refractivity contribution in [3.8, 4) is 0 Å². The van der Waals surface area contributed by atoms with E-state index >= 15 is 0 Å². The van der Waals surface area contributed by atoms with Crippen molar-refractivity contribution in [2.24, 2.45) is 5.10 Å². The zero-order valence-electron chi connectivity index (χ0n) is 15.6. The van der Waals surface area contributed by atoms with Crippen molar-refractivity contribution in [3.05, 3.63) is 95.3 Å². The molecule has 1 N–H and O–H groups in total. The van der Waals surface area contributed by atoms with Crippen LogP contribution >= 0.6 is 11.6 Å². The van der Waals surface area contributed by atoms with Crippen LogP contribution in [-0.2, 0) is 14.8 Å². The maximum absolute atomic E-state index is 13.1. The molecule has 0 fully saturated rings. The van der Waals surface area contributed by atoms with Crippen LogP contribution in [0.3, 0.4) is 0 Å². The Morgan fingerprint density at radius 2 is 1.63 bits per heavy atom. The minimum atomic E-state index is -4.01. The van der Waals surface area contributed by atoms with E-state index in [4.69, 9.17) is 11.6 Å². The molecule has 0 saturated carbocycles. The van der Waals surface area contributed by atoms with Gasteiger partial charge in [0.1, 0.15) is 12.4 Å². The van der Waals surface area contributed by atoms with Gasteiger partial charge >= 0.3 is 0 Å². The zero-order chi connectivity index (χ0) is 21.6. The molecule has 3 aromatic rings. The molecule has 1 amide bonds. The fourth-order valence-electron chi connectivity index (χ4n) is 2.54. The Morgan fingerprint density at radius 1 is 1.00 bits per heavy atom. The number of hydrogen-bond acceptors (Lipinski definition) is 4. The Morgan fingerprint density at radius 3 is 2.27 bits per heavy atom. The first-order valence-electron chi connectivity index (χ1n) is 8.77. The normalized spacial score (nSPS) is 11.4. The number of rotatable bonds is 7. The van der Waals surface area contributed by atoms with Gasteiger partial charge in [0.2, 0.25) is 0 Å². The highest BCUT2D eigenvalue weighted by Gasteiger charge is 2.27. The highest BCUT2D eigenvalue weighted by Crippen LogP contribution is 2.24. The first-order chi connectivity index (χ1) is 14.4. The van der Waals surface area contributed by atoms with Crippen LogP contribution in [0.15, 0.2) is 88.9 Å². The first kappa shape index (κ1) is 21.5. The third kappa shape index (κ3) is 5.43. The number of nitrogens with zero attached hydrogens (tertiary/aromatic N) is 2. The highest BCUT2D eigenvalue weighted by atomic mass is 35.5. The van der Waals surface area contributed by atoms with Crippen molar-refractivity contribution < 1.29 is 17.6 Å². The van der Waals surface area contributed by atoms with Gasteiger partial charge in [-0.25, -0.2) is 18.2 Å². The topological polar surface area (TPSA) is 78.8 Å². The van der Waals surface area contributed by atoms with Crippen LogP contribution in [0, 0.1) is 5.82 Å². The van der Waals surface area contributed by atoms with Crippen molar-refractivity contribution in [1.29, 1.82) is 0 Å². The van der Waals surface area contributed by atoms with E-state index < -0.39 is 22.5 Å². The molecule has 3 aromatic carbocycles. The standard InChI is InChI=1S/C21H17ClFN3O3S/c22-17-8-12-19(13-9-17)26(30(28,29)20-4-2-1-3-5-20)15-21(27)25-24-14-16-6-10-18(23)11-7-16/h1-14H,15H2,(H,25,27)/b24-14-. The van der Waals surface area contributed by atoms with Crippen LogP contribution in [0.5, 0.6) is 0 Å². The maximum Gasteiger partial charge on any atom is 0.264 e. The third-order valence-corrected chi connectivity index (χ3v) is 6.05. The molecule has 0 aliphatic carbocycles. The number of hydrazone groups is 1. The summed E-state index contributed by atoms with van der Waals surface area (Å²) in [6, 6.07) is 19.4. The lowest BCUT2D eigenvalue weighted by Crippen LogP contribution is -2.39. The molecule has 0 bridgehead atoms. The third-order valence-electron chi connectivity index (χ3n) is 4.01. The second-order valence-corrected chi connectivity index (χ2v) is 8.44. The average molecular weight is 446 g/mol. The Labute approximate surface area is 178 Å². The van der Waals surface area contributed by atoms with Crippen LogP contribution in [0.25, 0.3) is 0 Å². The predicted molar refractivity (Wildman–Crippen MR) is 115 cm³/mol. The van der Waals surface area contributed by atoms with E-state index in [1.165, 1.54) is 66.9 Å². The maximum atomic E-state index is 13.1. The van der Waals surface area contributed by atoms with Crippen molar-refractivity contribution >= 4 is 39.4 Å². The molecule has 30 heavy (non-hydrogen) atoms. The molecule has 0 spiro atoms. The van der Waals surface area contributed by atoms with Gasteiger partial charge in [0, 0.05) is 5.02 Å². The highest BCUT2D eigenvalue weighted by molar-refractivity contribution is 7.92. The lowest BCUT2D eigenvalue weighted by molar-refractivity contribution is -0.119. The Balaban J connectivity index is 1.81. The number of carbonyl (C=O) groups excluding carboxylic acids is 1. The molecule has 0 saturated heterocycles. The van der Waals surface area contributed by atoms with Crippen LogP contribution in [0.1, 0.15) is 5.56 Å². The number of carbonyl (C=O) groups is 1. The lowest BCUT2D eigenvalue weighted by atomic mass is 10.2. The van der Waals surface area contributed by atoms with E-state index in [0.717, 1.165) is 4.31 Å². The molecule has 0 radical (unpaired) electrons. The summed E-state index contributed by atoms with van der Waals surface area (Å²) < 4.78 is 40.1. The smallest absolute Gasteiger partial charge is 0.264 e. The van der Waals surface area contributed by atoms with Crippen molar-refractivity contribution in [2.45, 2.75) is 4.90 Å². The zero-order valence-corrected chi connectivity index (χ0v) is 17.1. The van der Waals surface area contributed by atoms with Gasteiger partial charge in [-0.1, -0.05) is 41.9 Å². The fourth-order valence-corrected chi connectivity index (χ4v) is 4.10. The molecule has 0 atom stereocenters. The summed E-state index contributed by atoms with van der Waals surface area (Å²) in [5, 5.41) is 4.23. The molecular weight excluding hydrogens is 429 g/mol. The molecule has 0 heterocycles. The van der Waals surface area contributed by atoms with Gasteiger partial charge < -0.3 is 0 Å². The van der Waals surface area contributed by atoms with E-state index in [9.17, 15) is 17.6 Å². The quantitative estimate of drug-likeness (QED) is 0.443. The van der Waals surface area contributed by atoms with E-state index in [-0.39, 0.29) is 16.4 Å². The summed E-state index contributed by atoms with van der Waals surface area (Å²) in [7, 11) is -4.01. The van der Waals surface area contributed by atoms with Crippen molar-refractivity contribution in [2.75, 3.05) is 10.8 Å². The summed E-state index contributed by atoms with van der Waals surface area (Å²) in [4.78, 5) is 12.4. The number of halogens is 2. The van der Waals surface area contributed by atoms with Gasteiger partial charge in [0.15, 0.2) is 0 Å². The molecule has 0 aliphatic heterocycles. The summed E-state index contributed by atoms with van der Waals surface area (Å²) in [5.74, 6) is -1.04. The van der Waals surface area contributed by atoms with Gasteiger partial charge in [-0.2, -0.15) is 5.10 Å². The molecule has 154 valence electrons. The summed E-state index contributed by atoms with van der Waals surface area (Å²) in [6.07, 6.45) is 1.33. The monoisotopic (exact) mass is 445 g/mol. The lowest BCUT2D eigenvalue weighted by Gasteiger charge is -2.23. The molecule has 0 unspecified atom stereocenters. The SMILES string of the molecule is O=C(CN(c1ccc(Cl)cc1)S(=O)(=O)c1ccccc1)N/N=C\c1ccc(F)cc1. The second kappa shape index (κ2) is 9.51. The number of amides is 1. The molecule has 0 aliphatic rings. The van der Waals surface area contributed by atoms with Gasteiger partial charge in [-0.3, -0.25) is 9.10 Å².